The summed E-state index contributed by atoms with van der Waals surface area (Å²) >= 11 is 3.34. The van der Waals surface area contributed by atoms with E-state index in [1.807, 2.05) is 18.2 Å². The molecule has 2 aromatic rings. The van der Waals surface area contributed by atoms with Crippen LogP contribution in [0, 0.1) is 11.3 Å². The van der Waals surface area contributed by atoms with Gasteiger partial charge in [0, 0.05) is 16.2 Å². The minimum absolute atomic E-state index is 0.279. The molecule has 2 aromatic carbocycles. The molecular weight excluding hydrogens is 360 g/mol. The van der Waals surface area contributed by atoms with Crippen LogP contribution in [0.5, 0.6) is 11.5 Å². The highest BCUT2D eigenvalue weighted by atomic mass is 79.9. The second-order valence-electron chi connectivity index (χ2n) is 4.73. The number of anilines is 1. The second-order valence-corrected chi connectivity index (χ2v) is 5.65. The van der Waals surface area contributed by atoms with Gasteiger partial charge in [-0.25, -0.2) is 0 Å². The van der Waals surface area contributed by atoms with Crippen LogP contribution in [0.15, 0.2) is 46.9 Å². The van der Waals surface area contributed by atoms with Crippen molar-refractivity contribution in [2.24, 2.45) is 0 Å². The molecule has 2 rings (SSSR count). The van der Waals surface area contributed by atoms with Crippen molar-refractivity contribution in [1.29, 1.82) is 5.26 Å². The molecule has 5 nitrogen and oxygen atoms in total. The fourth-order valence-corrected chi connectivity index (χ4v) is 2.12. The first-order valence-corrected chi connectivity index (χ1v) is 7.64. The van der Waals surface area contributed by atoms with Gasteiger partial charge in [0.05, 0.1) is 18.7 Å². The maximum absolute atomic E-state index is 12.2. The quantitative estimate of drug-likeness (QED) is 0.865. The summed E-state index contributed by atoms with van der Waals surface area (Å²) in [6.07, 6.45) is -0.722. The molecule has 0 aliphatic heterocycles. The summed E-state index contributed by atoms with van der Waals surface area (Å²) in [6.45, 7) is 1.64. The number of amides is 1. The van der Waals surface area contributed by atoms with Crippen molar-refractivity contribution in [2.75, 3.05) is 12.4 Å². The number of nitrogens with one attached hydrogen (secondary N) is 1. The highest BCUT2D eigenvalue weighted by molar-refractivity contribution is 9.10. The van der Waals surface area contributed by atoms with Gasteiger partial charge >= 0.3 is 0 Å². The molecule has 0 aliphatic carbocycles. The number of hydrogen-bond donors (Lipinski definition) is 1. The first-order valence-electron chi connectivity index (χ1n) is 6.84. The SMILES string of the molecule is COc1cc(C#N)ccc1O[C@H](C)C(=O)Nc1ccc(Br)cc1. The van der Waals surface area contributed by atoms with Gasteiger partial charge in [0.25, 0.3) is 5.91 Å². The number of benzene rings is 2. The lowest BCUT2D eigenvalue weighted by Gasteiger charge is -2.17. The van der Waals surface area contributed by atoms with Crippen molar-refractivity contribution < 1.29 is 14.3 Å². The van der Waals surface area contributed by atoms with E-state index in [0.29, 0.717) is 22.7 Å². The van der Waals surface area contributed by atoms with E-state index in [-0.39, 0.29) is 5.91 Å². The Hall–Kier alpha value is -2.52. The van der Waals surface area contributed by atoms with Crippen LogP contribution in [0.1, 0.15) is 12.5 Å². The van der Waals surface area contributed by atoms with E-state index in [1.165, 1.54) is 7.11 Å². The largest absolute Gasteiger partial charge is 0.493 e. The van der Waals surface area contributed by atoms with E-state index < -0.39 is 6.10 Å². The molecule has 6 heteroatoms. The maximum atomic E-state index is 12.2. The molecule has 118 valence electrons. The van der Waals surface area contributed by atoms with Crippen molar-refractivity contribution in [3.05, 3.63) is 52.5 Å². The zero-order valence-electron chi connectivity index (χ0n) is 12.7. The molecule has 0 unspecified atom stereocenters. The Morgan fingerprint density at radius 2 is 1.91 bits per heavy atom. The van der Waals surface area contributed by atoms with Crippen LogP contribution in [0.2, 0.25) is 0 Å². The number of methoxy groups -OCH3 is 1. The van der Waals surface area contributed by atoms with Crippen LogP contribution < -0.4 is 14.8 Å². The molecule has 23 heavy (non-hydrogen) atoms. The number of rotatable bonds is 5. The molecule has 0 radical (unpaired) electrons. The van der Waals surface area contributed by atoms with Gasteiger partial charge in [-0.15, -0.1) is 0 Å². The number of ether oxygens (including phenoxy) is 2. The molecule has 1 amide bonds. The van der Waals surface area contributed by atoms with Crippen LogP contribution in [0.3, 0.4) is 0 Å². The van der Waals surface area contributed by atoms with Gasteiger partial charge in [-0.3, -0.25) is 4.79 Å². The summed E-state index contributed by atoms with van der Waals surface area (Å²) in [4.78, 5) is 12.2. The van der Waals surface area contributed by atoms with Crippen molar-refractivity contribution in [3.8, 4) is 17.6 Å². The Bertz CT molecular complexity index is 738. The smallest absolute Gasteiger partial charge is 0.265 e. The lowest BCUT2D eigenvalue weighted by Crippen LogP contribution is -2.30. The minimum atomic E-state index is -0.722. The molecule has 0 fully saturated rings. The Morgan fingerprint density at radius 1 is 1.22 bits per heavy atom. The van der Waals surface area contributed by atoms with E-state index >= 15 is 0 Å². The van der Waals surface area contributed by atoms with Gasteiger partial charge < -0.3 is 14.8 Å². The van der Waals surface area contributed by atoms with Gasteiger partial charge in [0.1, 0.15) is 0 Å². The minimum Gasteiger partial charge on any atom is -0.493 e. The Morgan fingerprint density at radius 3 is 2.52 bits per heavy atom. The van der Waals surface area contributed by atoms with Gasteiger partial charge in [-0.2, -0.15) is 5.26 Å². The molecule has 0 saturated heterocycles. The zero-order valence-corrected chi connectivity index (χ0v) is 14.3. The van der Waals surface area contributed by atoms with Crippen LogP contribution in [0.4, 0.5) is 5.69 Å². The predicted octanol–water partition coefficient (Wildman–Crippen LogP) is 3.74. The Kier molecular flexibility index (Phi) is 5.61. The normalized spacial score (nSPS) is 11.2. The number of halogens is 1. The Balaban J connectivity index is 2.06. The predicted molar refractivity (Wildman–Crippen MR) is 90.6 cm³/mol. The number of nitriles is 1. The van der Waals surface area contributed by atoms with Crippen molar-refractivity contribution in [3.63, 3.8) is 0 Å². The molecular formula is C17H15BrN2O3. The second kappa shape index (κ2) is 7.65. The van der Waals surface area contributed by atoms with Crippen LogP contribution in [-0.2, 0) is 4.79 Å². The molecule has 0 aromatic heterocycles. The van der Waals surface area contributed by atoms with Crippen LogP contribution in [-0.4, -0.2) is 19.1 Å². The molecule has 1 N–H and O–H groups in total. The number of carbonyl (C=O) groups is 1. The monoisotopic (exact) mass is 374 g/mol. The van der Waals surface area contributed by atoms with Crippen molar-refractivity contribution in [2.45, 2.75) is 13.0 Å². The number of hydrogen-bond acceptors (Lipinski definition) is 4. The van der Waals surface area contributed by atoms with E-state index in [0.717, 1.165) is 4.47 Å². The summed E-state index contributed by atoms with van der Waals surface area (Å²) in [7, 11) is 1.48. The van der Waals surface area contributed by atoms with Gasteiger partial charge in [0.2, 0.25) is 0 Å². The first-order chi connectivity index (χ1) is 11.0. The third-order valence-corrected chi connectivity index (χ3v) is 3.61. The molecule has 0 aliphatic rings. The topological polar surface area (TPSA) is 71.3 Å². The average molecular weight is 375 g/mol. The van der Waals surface area contributed by atoms with Crippen molar-refractivity contribution >= 4 is 27.5 Å². The summed E-state index contributed by atoms with van der Waals surface area (Å²) in [5.41, 5.74) is 1.14. The standard InChI is InChI=1S/C17H15BrN2O3/c1-11(17(21)20-14-6-4-13(18)5-7-14)23-15-8-3-12(10-19)9-16(15)22-2/h3-9,11H,1-2H3,(H,20,21)/t11-/m1/s1. The van der Waals surface area contributed by atoms with E-state index in [2.05, 4.69) is 21.2 Å². The summed E-state index contributed by atoms with van der Waals surface area (Å²) in [5, 5.41) is 11.7. The maximum Gasteiger partial charge on any atom is 0.265 e. The summed E-state index contributed by atoms with van der Waals surface area (Å²) in [6, 6.07) is 14.1. The van der Waals surface area contributed by atoms with Crippen LogP contribution >= 0.6 is 15.9 Å². The van der Waals surface area contributed by atoms with Gasteiger partial charge in [-0.1, -0.05) is 15.9 Å². The molecule has 0 bridgehead atoms. The summed E-state index contributed by atoms with van der Waals surface area (Å²) in [5.74, 6) is 0.538. The van der Waals surface area contributed by atoms with Gasteiger partial charge in [-0.05, 0) is 43.3 Å². The highest BCUT2D eigenvalue weighted by Gasteiger charge is 2.17. The van der Waals surface area contributed by atoms with Gasteiger partial charge in [0.15, 0.2) is 17.6 Å². The molecule has 0 saturated carbocycles. The fourth-order valence-electron chi connectivity index (χ4n) is 1.86. The zero-order chi connectivity index (χ0) is 16.8. The lowest BCUT2D eigenvalue weighted by atomic mass is 10.2. The van der Waals surface area contributed by atoms with Crippen LogP contribution in [0.25, 0.3) is 0 Å². The van der Waals surface area contributed by atoms with E-state index in [9.17, 15) is 4.79 Å². The molecule has 0 spiro atoms. The average Bonchev–Trinajstić information content (AvgIpc) is 2.57. The van der Waals surface area contributed by atoms with E-state index in [1.54, 1.807) is 37.3 Å². The third kappa shape index (κ3) is 4.47. The number of nitrogens with zero attached hydrogens (tertiary/aromatic N) is 1. The Labute approximate surface area is 143 Å². The molecule has 0 heterocycles. The fraction of sp³-hybridized carbons (Fsp3) is 0.176. The summed E-state index contributed by atoms with van der Waals surface area (Å²) < 4.78 is 11.8. The lowest BCUT2D eigenvalue weighted by molar-refractivity contribution is -0.122. The molecule has 1 atom stereocenters. The highest BCUT2D eigenvalue weighted by Crippen LogP contribution is 2.29. The van der Waals surface area contributed by atoms with E-state index in [4.69, 9.17) is 14.7 Å². The third-order valence-electron chi connectivity index (χ3n) is 3.08. The van der Waals surface area contributed by atoms with Crippen molar-refractivity contribution in [1.82, 2.24) is 0 Å². The first kappa shape index (κ1) is 16.8. The number of carbonyl (C=O) groups excluding carboxylic acids is 1.